The second-order valence-corrected chi connectivity index (χ2v) is 8.45. The lowest BCUT2D eigenvalue weighted by molar-refractivity contribution is 0.415. The van der Waals surface area contributed by atoms with Crippen molar-refractivity contribution in [2.75, 3.05) is 31.8 Å². The lowest BCUT2D eigenvalue weighted by atomic mass is 10.0. The predicted octanol–water partition coefficient (Wildman–Crippen LogP) is 5.77. The van der Waals surface area contributed by atoms with Gasteiger partial charge in [-0.15, -0.1) is 0 Å². The smallest absolute Gasteiger partial charge is 0.128 e. The van der Waals surface area contributed by atoms with Crippen molar-refractivity contribution in [3.63, 3.8) is 0 Å². The van der Waals surface area contributed by atoms with Crippen LogP contribution < -0.4 is 9.64 Å². The number of hydrogen-bond acceptors (Lipinski definition) is 3. The molecule has 1 aromatic carbocycles. The summed E-state index contributed by atoms with van der Waals surface area (Å²) in [6, 6.07) is 10.6. The van der Waals surface area contributed by atoms with Gasteiger partial charge in [-0.1, -0.05) is 19.1 Å². The Morgan fingerprint density at radius 1 is 1.23 bits per heavy atom. The summed E-state index contributed by atoms with van der Waals surface area (Å²) in [5.41, 5.74) is 7.78. The molecule has 2 heterocycles. The van der Waals surface area contributed by atoms with Gasteiger partial charge < -0.3 is 9.64 Å². The van der Waals surface area contributed by atoms with Gasteiger partial charge in [0.15, 0.2) is 0 Å². The maximum absolute atomic E-state index is 13.0. The van der Waals surface area contributed by atoms with Crippen molar-refractivity contribution in [2.24, 2.45) is 5.92 Å². The third-order valence-corrected chi connectivity index (χ3v) is 6.01. The minimum absolute atomic E-state index is 0.285. The van der Waals surface area contributed by atoms with Gasteiger partial charge in [0, 0.05) is 18.7 Å². The molecular formula is C25H32FN3O. The van der Waals surface area contributed by atoms with Crippen molar-refractivity contribution in [3.8, 4) is 17.0 Å². The number of rotatable bonds is 9. The molecule has 0 spiro atoms. The van der Waals surface area contributed by atoms with Crippen molar-refractivity contribution in [3.05, 3.63) is 47.2 Å². The number of hydrogen-bond donors (Lipinski definition) is 0. The summed E-state index contributed by atoms with van der Waals surface area (Å²) in [7, 11) is 1.72. The van der Waals surface area contributed by atoms with Crippen molar-refractivity contribution < 1.29 is 9.13 Å². The van der Waals surface area contributed by atoms with Crippen LogP contribution >= 0.6 is 0 Å². The summed E-state index contributed by atoms with van der Waals surface area (Å²) >= 11 is 0. The molecule has 0 bridgehead atoms. The molecule has 1 saturated carbocycles. The molecule has 1 aliphatic rings. The molecule has 0 amide bonds. The van der Waals surface area contributed by atoms with Crippen LogP contribution in [0.15, 0.2) is 30.3 Å². The Morgan fingerprint density at radius 2 is 2.03 bits per heavy atom. The topological polar surface area (TPSA) is 29.8 Å². The van der Waals surface area contributed by atoms with E-state index in [0.717, 1.165) is 53.6 Å². The summed E-state index contributed by atoms with van der Waals surface area (Å²) < 4.78 is 20.8. The number of halogens is 1. The maximum atomic E-state index is 13.0. The Morgan fingerprint density at radius 3 is 2.70 bits per heavy atom. The lowest BCUT2D eigenvalue weighted by Crippen LogP contribution is -2.28. The predicted molar refractivity (Wildman–Crippen MR) is 122 cm³/mol. The number of nitrogens with zero attached hydrogens (tertiary/aromatic N) is 3. The first kappa shape index (κ1) is 20.7. The van der Waals surface area contributed by atoms with Crippen molar-refractivity contribution in [1.82, 2.24) is 9.61 Å². The zero-order chi connectivity index (χ0) is 21.3. The molecular weight excluding hydrogens is 377 g/mol. The number of pyridine rings is 1. The molecule has 0 radical (unpaired) electrons. The van der Waals surface area contributed by atoms with Crippen molar-refractivity contribution in [1.29, 1.82) is 0 Å². The van der Waals surface area contributed by atoms with Crippen LogP contribution in [0.4, 0.5) is 10.1 Å². The van der Waals surface area contributed by atoms with Crippen molar-refractivity contribution in [2.45, 2.75) is 46.5 Å². The third kappa shape index (κ3) is 3.90. The van der Waals surface area contributed by atoms with Gasteiger partial charge in [-0.05, 0) is 74.8 Å². The molecule has 1 aliphatic carbocycles. The molecule has 4 nitrogen and oxygen atoms in total. The van der Waals surface area contributed by atoms with E-state index >= 15 is 0 Å². The van der Waals surface area contributed by atoms with E-state index in [-0.39, 0.29) is 6.67 Å². The van der Waals surface area contributed by atoms with Gasteiger partial charge in [0.25, 0.3) is 0 Å². The van der Waals surface area contributed by atoms with E-state index in [1.807, 2.05) is 0 Å². The number of benzene rings is 1. The molecule has 4 rings (SSSR count). The van der Waals surface area contributed by atoms with Crippen molar-refractivity contribution >= 4 is 11.2 Å². The van der Waals surface area contributed by atoms with Crippen LogP contribution in [0.1, 0.15) is 43.0 Å². The zero-order valence-corrected chi connectivity index (χ0v) is 18.5. The van der Waals surface area contributed by atoms with Crippen LogP contribution in [0.25, 0.3) is 16.8 Å². The number of fused-ring (bicyclic) bond motifs is 1. The summed E-state index contributed by atoms with van der Waals surface area (Å²) in [6.07, 6.45) is 3.95. The van der Waals surface area contributed by atoms with E-state index in [0.29, 0.717) is 6.42 Å². The Labute approximate surface area is 178 Å². The molecule has 5 heteroatoms. The number of aromatic nitrogens is 2. The Balaban J connectivity index is 1.89. The first-order valence-electron chi connectivity index (χ1n) is 11.0. The molecule has 0 N–H and O–H groups in total. The highest BCUT2D eigenvalue weighted by Crippen LogP contribution is 2.38. The summed E-state index contributed by atoms with van der Waals surface area (Å²) in [5.74, 6) is 1.59. The van der Waals surface area contributed by atoms with Crippen LogP contribution in [0, 0.1) is 19.8 Å². The molecule has 0 atom stereocenters. The minimum atomic E-state index is -0.285. The molecule has 3 aromatic rings. The molecule has 160 valence electrons. The number of anilines is 1. The highest BCUT2D eigenvalue weighted by Gasteiger charge is 2.28. The van der Waals surface area contributed by atoms with Gasteiger partial charge in [-0.2, -0.15) is 5.10 Å². The van der Waals surface area contributed by atoms with Crippen LogP contribution in [-0.4, -0.2) is 36.5 Å². The molecule has 1 fully saturated rings. The Bertz CT molecular complexity index is 1040. The van der Waals surface area contributed by atoms with Gasteiger partial charge in [0.2, 0.25) is 0 Å². The fourth-order valence-electron chi connectivity index (χ4n) is 4.45. The van der Waals surface area contributed by atoms with E-state index in [2.05, 4.69) is 60.5 Å². The molecule has 2 aromatic heterocycles. The summed E-state index contributed by atoms with van der Waals surface area (Å²) in [4.78, 5) is 2.38. The standard InChI is InChI=1S/C25H32FN3O/c1-5-20-25(28(13-7-12-26)16-19-10-11-19)22-9-6-8-21(29(22)27-20)24-18(3)14-17(2)15-23(24)30-4/h6,8-9,14-15,19H,5,7,10-13,16H2,1-4H3. The fourth-order valence-corrected chi connectivity index (χ4v) is 4.45. The summed E-state index contributed by atoms with van der Waals surface area (Å²) in [6.45, 7) is 7.79. The lowest BCUT2D eigenvalue weighted by Gasteiger charge is -2.24. The maximum Gasteiger partial charge on any atom is 0.128 e. The highest BCUT2D eigenvalue weighted by molar-refractivity contribution is 5.81. The average Bonchev–Trinajstić information content (AvgIpc) is 3.47. The zero-order valence-electron chi connectivity index (χ0n) is 18.5. The van der Waals surface area contributed by atoms with E-state index < -0.39 is 0 Å². The van der Waals surface area contributed by atoms with E-state index in [1.54, 1.807) is 7.11 Å². The largest absolute Gasteiger partial charge is 0.496 e. The Hall–Kier alpha value is -2.56. The first-order chi connectivity index (χ1) is 14.6. The summed E-state index contributed by atoms with van der Waals surface area (Å²) in [5, 5.41) is 5.03. The van der Waals surface area contributed by atoms with E-state index in [9.17, 15) is 4.39 Å². The average molecular weight is 410 g/mol. The molecule has 0 unspecified atom stereocenters. The second-order valence-electron chi connectivity index (χ2n) is 8.45. The van der Waals surface area contributed by atoms with Gasteiger partial charge in [-0.25, -0.2) is 4.52 Å². The van der Waals surface area contributed by atoms with Gasteiger partial charge in [0.1, 0.15) is 5.75 Å². The highest BCUT2D eigenvalue weighted by atomic mass is 19.1. The fraction of sp³-hybridized carbons (Fsp3) is 0.480. The van der Waals surface area contributed by atoms with Crippen LogP contribution in [-0.2, 0) is 6.42 Å². The number of methoxy groups -OCH3 is 1. The van der Waals surface area contributed by atoms with Crippen LogP contribution in [0.3, 0.4) is 0 Å². The van der Waals surface area contributed by atoms with E-state index in [4.69, 9.17) is 9.84 Å². The third-order valence-electron chi connectivity index (χ3n) is 6.01. The van der Waals surface area contributed by atoms with Crippen LogP contribution in [0.5, 0.6) is 5.75 Å². The first-order valence-corrected chi connectivity index (χ1v) is 11.0. The monoisotopic (exact) mass is 409 g/mol. The molecule has 0 aliphatic heterocycles. The number of ether oxygens (including phenoxy) is 1. The number of alkyl halides is 1. The quantitative estimate of drug-likeness (QED) is 0.450. The molecule has 30 heavy (non-hydrogen) atoms. The van der Waals surface area contributed by atoms with Crippen LogP contribution in [0.2, 0.25) is 0 Å². The SMILES string of the molecule is CCc1nn2c(-c3c(C)cc(C)cc3OC)cccc2c1N(CCCF)CC1CC1. The van der Waals surface area contributed by atoms with Gasteiger partial charge in [0.05, 0.1) is 36.4 Å². The van der Waals surface area contributed by atoms with Gasteiger partial charge >= 0.3 is 0 Å². The number of aryl methyl sites for hydroxylation is 3. The normalized spacial score (nSPS) is 13.8. The minimum Gasteiger partial charge on any atom is -0.496 e. The van der Waals surface area contributed by atoms with E-state index in [1.165, 1.54) is 29.7 Å². The molecule has 0 saturated heterocycles. The Kier molecular flexibility index (Phi) is 5.98. The second kappa shape index (κ2) is 8.66. The van der Waals surface area contributed by atoms with Gasteiger partial charge in [-0.3, -0.25) is 4.39 Å².